The van der Waals surface area contributed by atoms with Crippen LogP contribution in [0.3, 0.4) is 0 Å². The summed E-state index contributed by atoms with van der Waals surface area (Å²) >= 11 is 8.51. The highest BCUT2D eigenvalue weighted by Gasteiger charge is 2.39. The largest absolute Gasteiger partial charge is 0.334 e. The van der Waals surface area contributed by atoms with Crippen molar-refractivity contribution in [3.05, 3.63) is 64.5 Å². The molecule has 0 radical (unpaired) electrons. The smallest absolute Gasteiger partial charge is 0.273 e. The molecule has 0 atom stereocenters. The van der Waals surface area contributed by atoms with E-state index in [1.807, 2.05) is 42.5 Å². The van der Waals surface area contributed by atoms with Crippen LogP contribution in [0.2, 0.25) is 0 Å². The first-order chi connectivity index (χ1) is 11.7. The molecule has 0 saturated carbocycles. The molecule has 6 heteroatoms. The number of hydrogen-bond donors (Lipinski definition) is 0. The summed E-state index contributed by atoms with van der Waals surface area (Å²) in [5.41, 5.74) is 1.98. The Labute approximate surface area is 154 Å². The highest BCUT2D eigenvalue weighted by Crippen LogP contribution is 2.50. The van der Waals surface area contributed by atoms with Gasteiger partial charge in [-0.15, -0.1) is 0 Å². The van der Waals surface area contributed by atoms with Crippen LogP contribution < -0.4 is 9.80 Å². The van der Waals surface area contributed by atoms with E-state index in [9.17, 15) is 4.79 Å². The van der Waals surface area contributed by atoms with Gasteiger partial charge in [-0.2, -0.15) is 0 Å². The van der Waals surface area contributed by atoms with Gasteiger partial charge in [0.15, 0.2) is 4.32 Å². The summed E-state index contributed by atoms with van der Waals surface area (Å²) in [7, 11) is 0. The number of rotatable bonds is 2. The Bertz CT molecular complexity index is 864. The molecule has 3 nitrogen and oxygen atoms in total. The van der Waals surface area contributed by atoms with Crippen LogP contribution in [0, 0.1) is 0 Å². The third-order valence-corrected chi connectivity index (χ3v) is 6.58. The maximum atomic E-state index is 13.0. The molecular formula is C18H14N2OS3. The van der Waals surface area contributed by atoms with Crippen molar-refractivity contribution in [2.45, 2.75) is 11.8 Å². The van der Waals surface area contributed by atoms with E-state index < -0.39 is 0 Å². The van der Waals surface area contributed by atoms with E-state index in [0.29, 0.717) is 9.23 Å². The number of fused-ring (bicyclic) bond motifs is 1. The molecule has 2 aromatic carbocycles. The SMILES string of the molecule is CCN1/C(=C2\SC(=S)N(c3ccccc3)C2=O)Sc2ccccc21. The average Bonchev–Trinajstić information content (AvgIpc) is 3.12. The summed E-state index contributed by atoms with van der Waals surface area (Å²) in [5, 5.41) is 0.981. The van der Waals surface area contributed by atoms with Gasteiger partial charge in [0, 0.05) is 11.4 Å². The second-order valence-corrected chi connectivity index (χ2v) is 7.97. The topological polar surface area (TPSA) is 23.6 Å². The molecule has 24 heavy (non-hydrogen) atoms. The number of carbonyl (C=O) groups excluding carboxylic acids is 1. The second kappa shape index (κ2) is 6.27. The van der Waals surface area contributed by atoms with Crippen LogP contribution in [0.15, 0.2) is 69.4 Å². The number of amides is 1. The van der Waals surface area contributed by atoms with Crippen LogP contribution in [0.25, 0.3) is 0 Å². The lowest BCUT2D eigenvalue weighted by Crippen LogP contribution is -2.28. The number of carbonyl (C=O) groups is 1. The molecule has 0 aromatic heterocycles. The van der Waals surface area contributed by atoms with Crippen molar-refractivity contribution in [1.82, 2.24) is 0 Å². The van der Waals surface area contributed by atoms with Gasteiger partial charge in [-0.05, 0) is 31.2 Å². The number of thioether (sulfide) groups is 2. The summed E-state index contributed by atoms with van der Waals surface area (Å²) in [5.74, 6) is -0.0371. The summed E-state index contributed by atoms with van der Waals surface area (Å²) in [6.07, 6.45) is 0. The lowest BCUT2D eigenvalue weighted by Gasteiger charge is -2.19. The van der Waals surface area contributed by atoms with Crippen LogP contribution in [-0.4, -0.2) is 16.8 Å². The summed E-state index contributed by atoms with van der Waals surface area (Å²) in [6.45, 7) is 2.91. The molecule has 2 heterocycles. The van der Waals surface area contributed by atoms with E-state index in [-0.39, 0.29) is 5.91 Å². The Kier molecular flexibility index (Phi) is 4.12. The van der Waals surface area contributed by atoms with Gasteiger partial charge in [-0.3, -0.25) is 9.69 Å². The predicted octanol–water partition coefficient (Wildman–Crippen LogP) is 4.85. The van der Waals surface area contributed by atoms with Gasteiger partial charge < -0.3 is 4.90 Å². The van der Waals surface area contributed by atoms with Crippen LogP contribution in [0.5, 0.6) is 0 Å². The zero-order valence-corrected chi connectivity index (χ0v) is 15.4. The summed E-state index contributed by atoms with van der Waals surface area (Å²) in [6, 6.07) is 17.8. The Morgan fingerprint density at radius 1 is 1.00 bits per heavy atom. The van der Waals surface area contributed by atoms with E-state index in [1.165, 1.54) is 16.7 Å². The van der Waals surface area contributed by atoms with Crippen molar-refractivity contribution in [2.24, 2.45) is 0 Å². The fourth-order valence-electron chi connectivity index (χ4n) is 2.81. The fourth-order valence-corrected chi connectivity index (χ4v) is 5.49. The van der Waals surface area contributed by atoms with Crippen molar-refractivity contribution >= 4 is 57.3 Å². The van der Waals surface area contributed by atoms with Gasteiger partial charge in [-0.1, -0.05) is 66.1 Å². The minimum atomic E-state index is -0.0371. The third kappa shape index (κ3) is 2.46. The molecule has 0 bridgehead atoms. The molecule has 1 fully saturated rings. The van der Waals surface area contributed by atoms with Gasteiger partial charge in [0.1, 0.15) is 9.93 Å². The molecule has 2 aliphatic heterocycles. The first-order valence-corrected chi connectivity index (χ1v) is 9.65. The molecule has 120 valence electrons. The molecule has 0 aliphatic carbocycles. The van der Waals surface area contributed by atoms with Crippen molar-refractivity contribution in [2.75, 3.05) is 16.3 Å². The maximum Gasteiger partial charge on any atom is 0.273 e. The van der Waals surface area contributed by atoms with E-state index in [2.05, 4.69) is 24.0 Å². The van der Waals surface area contributed by atoms with Gasteiger partial charge in [-0.25, -0.2) is 0 Å². The number of anilines is 2. The number of nitrogens with zero attached hydrogens (tertiary/aromatic N) is 2. The normalized spacial score (nSPS) is 20.0. The van der Waals surface area contributed by atoms with Crippen molar-refractivity contribution in [3.63, 3.8) is 0 Å². The standard InChI is InChI=1S/C18H14N2OS3/c1-2-19-13-10-6-7-11-14(13)23-17(19)15-16(21)20(18(22)24-15)12-8-4-3-5-9-12/h3-11H,2H2,1H3/b17-15+. The molecular weight excluding hydrogens is 356 g/mol. The lowest BCUT2D eigenvalue weighted by atomic mass is 10.3. The molecule has 1 amide bonds. The molecule has 4 rings (SSSR count). The second-order valence-electron chi connectivity index (χ2n) is 5.29. The summed E-state index contributed by atoms with van der Waals surface area (Å²) in [4.78, 5) is 18.7. The monoisotopic (exact) mass is 370 g/mol. The zero-order chi connectivity index (χ0) is 16.7. The molecule has 2 aromatic rings. The van der Waals surface area contributed by atoms with Crippen LogP contribution in [-0.2, 0) is 4.79 Å². The quantitative estimate of drug-likeness (QED) is 0.555. The van der Waals surface area contributed by atoms with E-state index in [0.717, 1.165) is 22.9 Å². The minimum Gasteiger partial charge on any atom is -0.334 e. The fraction of sp³-hybridized carbons (Fsp3) is 0.111. The van der Waals surface area contributed by atoms with Crippen LogP contribution in [0.4, 0.5) is 11.4 Å². The highest BCUT2D eigenvalue weighted by molar-refractivity contribution is 8.27. The number of hydrogen-bond acceptors (Lipinski definition) is 5. The molecule has 0 unspecified atom stereocenters. The Hall–Kier alpha value is -1.76. The lowest BCUT2D eigenvalue weighted by molar-refractivity contribution is -0.113. The van der Waals surface area contributed by atoms with Gasteiger partial charge >= 0.3 is 0 Å². The number of benzene rings is 2. The Balaban J connectivity index is 1.77. The Morgan fingerprint density at radius 3 is 2.46 bits per heavy atom. The van der Waals surface area contributed by atoms with Gasteiger partial charge in [0.2, 0.25) is 0 Å². The van der Waals surface area contributed by atoms with Gasteiger partial charge in [0.25, 0.3) is 5.91 Å². The van der Waals surface area contributed by atoms with Crippen LogP contribution in [0.1, 0.15) is 6.92 Å². The number of thiocarbonyl (C=S) groups is 1. The molecule has 1 saturated heterocycles. The van der Waals surface area contributed by atoms with Crippen molar-refractivity contribution in [1.29, 1.82) is 0 Å². The van der Waals surface area contributed by atoms with E-state index >= 15 is 0 Å². The third-order valence-electron chi connectivity index (χ3n) is 3.90. The molecule has 2 aliphatic rings. The number of para-hydroxylation sites is 2. The summed E-state index contributed by atoms with van der Waals surface area (Å²) < 4.78 is 0.585. The first kappa shape index (κ1) is 15.7. The molecule has 0 spiro atoms. The van der Waals surface area contributed by atoms with E-state index in [4.69, 9.17) is 12.2 Å². The van der Waals surface area contributed by atoms with Crippen molar-refractivity contribution < 1.29 is 4.79 Å². The van der Waals surface area contributed by atoms with Crippen molar-refractivity contribution in [3.8, 4) is 0 Å². The molecule has 0 N–H and O–H groups in total. The highest BCUT2D eigenvalue weighted by atomic mass is 32.2. The Morgan fingerprint density at radius 2 is 1.71 bits per heavy atom. The predicted molar refractivity (Wildman–Crippen MR) is 106 cm³/mol. The minimum absolute atomic E-state index is 0.0371. The average molecular weight is 371 g/mol. The van der Waals surface area contributed by atoms with Gasteiger partial charge in [0.05, 0.1) is 11.4 Å². The first-order valence-electron chi connectivity index (χ1n) is 7.60. The van der Waals surface area contributed by atoms with Crippen LogP contribution >= 0.6 is 35.7 Å². The van der Waals surface area contributed by atoms with E-state index in [1.54, 1.807) is 16.7 Å². The maximum absolute atomic E-state index is 13.0. The zero-order valence-electron chi connectivity index (χ0n) is 12.9.